The highest BCUT2D eigenvalue weighted by Crippen LogP contribution is 2.27. The number of halogens is 1. The van der Waals surface area contributed by atoms with Crippen LogP contribution in [0.15, 0.2) is 29.1 Å². The molecule has 1 aromatic heterocycles. The molecule has 2 rings (SSSR count). The number of hydrogen-bond acceptors (Lipinski definition) is 3. The van der Waals surface area contributed by atoms with Gasteiger partial charge >= 0.3 is 11.7 Å². The maximum Gasteiger partial charge on any atom is 0.357 e. The molecule has 0 aliphatic rings. The normalized spacial score (nSPS) is 10.3. The molecule has 0 spiro atoms. The van der Waals surface area contributed by atoms with E-state index in [4.69, 9.17) is 16.3 Å². The van der Waals surface area contributed by atoms with Gasteiger partial charge in [-0.3, -0.25) is 4.98 Å². The monoisotopic (exact) mass is 266 g/mol. The highest BCUT2D eigenvalue weighted by Gasteiger charge is 2.19. The van der Waals surface area contributed by atoms with Crippen LogP contribution in [0.4, 0.5) is 0 Å². The van der Waals surface area contributed by atoms with Crippen molar-refractivity contribution in [3.05, 3.63) is 45.5 Å². The van der Waals surface area contributed by atoms with Gasteiger partial charge in [0.25, 0.3) is 0 Å². The van der Waals surface area contributed by atoms with Gasteiger partial charge in [0, 0.05) is 10.6 Å². The van der Waals surface area contributed by atoms with Gasteiger partial charge in [-0.2, -0.15) is 0 Å². The second-order valence-corrected chi connectivity index (χ2v) is 3.94. The Morgan fingerprint density at radius 1 is 1.33 bits per heavy atom. The maximum absolute atomic E-state index is 11.7. The minimum atomic E-state index is -0.592. The number of benzene rings is 1. The number of aromatic nitrogens is 2. The van der Waals surface area contributed by atoms with Crippen LogP contribution in [-0.4, -0.2) is 22.5 Å². The Morgan fingerprint density at radius 2 is 2.06 bits per heavy atom. The summed E-state index contributed by atoms with van der Waals surface area (Å²) in [5.41, 5.74) is 0.507. The topological polar surface area (TPSA) is 75.0 Å². The zero-order chi connectivity index (χ0) is 13.1. The van der Waals surface area contributed by atoms with Crippen LogP contribution in [0.1, 0.15) is 17.4 Å². The number of carbonyl (C=O) groups excluding carboxylic acids is 1. The van der Waals surface area contributed by atoms with E-state index in [1.807, 2.05) is 0 Å². The Labute approximate surface area is 108 Å². The van der Waals surface area contributed by atoms with Crippen LogP contribution in [0.25, 0.3) is 11.3 Å². The Hall–Kier alpha value is -2.01. The highest BCUT2D eigenvalue weighted by atomic mass is 35.5. The molecule has 18 heavy (non-hydrogen) atoms. The van der Waals surface area contributed by atoms with Crippen LogP contribution < -0.4 is 5.69 Å². The first-order valence-corrected chi connectivity index (χ1v) is 5.75. The van der Waals surface area contributed by atoms with E-state index in [1.165, 1.54) is 0 Å². The third-order valence-electron chi connectivity index (χ3n) is 2.35. The van der Waals surface area contributed by atoms with Crippen molar-refractivity contribution in [1.82, 2.24) is 9.97 Å². The molecular weight excluding hydrogens is 256 g/mol. The predicted molar refractivity (Wildman–Crippen MR) is 67.8 cm³/mol. The minimum Gasteiger partial charge on any atom is -0.461 e. The Balaban J connectivity index is 2.55. The van der Waals surface area contributed by atoms with E-state index in [9.17, 15) is 9.59 Å². The van der Waals surface area contributed by atoms with Gasteiger partial charge in [0.15, 0.2) is 5.69 Å². The Kier molecular flexibility index (Phi) is 3.53. The van der Waals surface area contributed by atoms with E-state index in [2.05, 4.69) is 9.97 Å². The van der Waals surface area contributed by atoms with Crippen molar-refractivity contribution in [2.24, 2.45) is 0 Å². The molecule has 0 fully saturated rings. The van der Waals surface area contributed by atoms with Crippen LogP contribution in [0.3, 0.4) is 0 Å². The zero-order valence-electron chi connectivity index (χ0n) is 9.62. The lowest BCUT2D eigenvalue weighted by Gasteiger charge is -2.04. The summed E-state index contributed by atoms with van der Waals surface area (Å²) in [5.74, 6) is -0.592. The molecule has 2 N–H and O–H groups in total. The fourth-order valence-corrected chi connectivity index (χ4v) is 1.84. The van der Waals surface area contributed by atoms with Crippen molar-refractivity contribution in [3.63, 3.8) is 0 Å². The van der Waals surface area contributed by atoms with Crippen molar-refractivity contribution >= 4 is 17.6 Å². The summed E-state index contributed by atoms with van der Waals surface area (Å²) in [6.45, 7) is 1.92. The molecule has 0 aliphatic carbocycles. The standard InChI is InChI=1S/C12H11ClN2O3/c1-2-18-11(16)10-9(14-12(17)15-10)7-5-3-4-6-8(7)13/h3-6H,2H2,1H3,(H2,14,15,17). The lowest BCUT2D eigenvalue weighted by atomic mass is 10.1. The van der Waals surface area contributed by atoms with Crippen molar-refractivity contribution in [2.75, 3.05) is 6.61 Å². The molecule has 0 aliphatic heterocycles. The SMILES string of the molecule is CCOC(=O)c1[nH]c(=O)[nH]c1-c1ccccc1Cl. The minimum absolute atomic E-state index is 0.0787. The van der Waals surface area contributed by atoms with Crippen LogP contribution in [0.2, 0.25) is 5.02 Å². The summed E-state index contributed by atoms with van der Waals surface area (Å²) in [6, 6.07) is 6.92. The Morgan fingerprint density at radius 3 is 2.72 bits per heavy atom. The third-order valence-corrected chi connectivity index (χ3v) is 2.68. The zero-order valence-corrected chi connectivity index (χ0v) is 10.4. The fourth-order valence-electron chi connectivity index (χ4n) is 1.61. The third kappa shape index (κ3) is 2.31. The first-order valence-electron chi connectivity index (χ1n) is 5.37. The molecular formula is C12H11ClN2O3. The van der Waals surface area contributed by atoms with Gasteiger partial charge in [-0.05, 0) is 13.0 Å². The largest absolute Gasteiger partial charge is 0.461 e. The van der Waals surface area contributed by atoms with Gasteiger partial charge in [0.1, 0.15) is 0 Å². The van der Waals surface area contributed by atoms with E-state index in [0.717, 1.165) is 0 Å². The van der Waals surface area contributed by atoms with Crippen LogP contribution in [0, 0.1) is 0 Å². The number of rotatable bonds is 3. The van der Waals surface area contributed by atoms with Gasteiger partial charge in [-0.25, -0.2) is 9.59 Å². The first-order chi connectivity index (χ1) is 8.63. The van der Waals surface area contributed by atoms with E-state index in [-0.39, 0.29) is 12.3 Å². The molecule has 0 radical (unpaired) electrons. The second kappa shape index (κ2) is 5.10. The van der Waals surface area contributed by atoms with Gasteiger partial charge in [-0.15, -0.1) is 0 Å². The van der Waals surface area contributed by atoms with Crippen LogP contribution in [-0.2, 0) is 4.74 Å². The van der Waals surface area contributed by atoms with Gasteiger partial charge < -0.3 is 9.72 Å². The van der Waals surface area contributed by atoms with Gasteiger partial charge in [0.2, 0.25) is 0 Å². The molecule has 1 heterocycles. The predicted octanol–water partition coefficient (Wildman–Crippen LogP) is 2.20. The molecule has 0 unspecified atom stereocenters. The molecule has 1 aromatic carbocycles. The fraction of sp³-hybridized carbons (Fsp3) is 0.167. The Bertz CT molecular complexity index is 630. The number of imidazole rings is 1. The van der Waals surface area contributed by atoms with Crippen LogP contribution >= 0.6 is 11.6 Å². The van der Waals surface area contributed by atoms with E-state index in [0.29, 0.717) is 16.3 Å². The average Bonchev–Trinajstić information content (AvgIpc) is 2.72. The lowest BCUT2D eigenvalue weighted by Crippen LogP contribution is -2.08. The van der Waals surface area contributed by atoms with Crippen molar-refractivity contribution < 1.29 is 9.53 Å². The summed E-state index contributed by atoms with van der Waals surface area (Å²) in [4.78, 5) is 28.0. The number of nitrogens with one attached hydrogen (secondary N) is 2. The van der Waals surface area contributed by atoms with Crippen molar-refractivity contribution in [1.29, 1.82) is 0 Å². The summed E-state index contributed by atoms with van der Waals surface area (Å²) in [7, 11) is 0. The molecule has 0 atom stereocenters. The number of H-pyrrole nitrogens is 2. The number of ether oxygens (including phenoxy) is 1. The molecule has 0 saturated carbocycles. The molecule has 0 amide bonds. The molecule has 0 bridgehead atoms. The smallest absolute Gasteiger partial charge is 0.357 e. The number of aromatic amines is 2. The highest BCUT2D eigenvalue weighted by molar-refractivity contribution is 6.33. The van der Waals surface area contributed by atoms with E-state index >= 15 is 0 Å². The average molecular weight is 267 g/mol. The summed E-state index contributed by atoms with van der Waals surface area (Å²) < 4.78 is 4.87. The molecule has 0 saturated heterocycles. The number of hydrogen-bond donors (Lipinski definition) is 2. The van der Waals surface area contributed by atoms with Crippen molar-refractivity contribution in [3.8, 4) is 11.3 Å². The molecule has 5 nitrogen and oxygen atoms in total. The molecule has 2 aromatic rings. The van der Waals surface area contributed by atoms with E-state index < -0.39 is 11.7 Å². The maximum atomic E-state index is 11.7. The summed E-state index contributed by atoms with van der Waals surface area (Å²) in [6.07, 6.45) is 0. The molecule has 94 valence electrons. The summed E-state index contributed by atoms with van der Waals surface area (Å²) in [5, 5.41) is 0.443. The first kappa shape index (κ1) is 12.4. The van der Waals surface area contributed by atoms with E-state index in [1.54, 1.807) is 31.2 Å². The van der Waals surface area contributed by atoms with Crippen LogP contribution in [0.5, 0.6) is 0 Å². The van der Waals surface area contributed by atoms with Gasteiger partial charge in [-0.1, -0.05) is 29.8 Å². The van der Waals surface area contributed by atoms with Crippen molar-refractivity contribution in [2.45, 2.75) is 6.92 Å². The second-order valence-electron chi connectivity index (χ2n) is 3.53. The lowest BCUT2D eigenvalue weighted by molar-refractivity contribution is 0.0521. The number of esters is 1. The molecule has 6 heteroatoms. The number of carbonyl (C=O) groups is 1. The quantitative estimate of drug-likeness (QED) is 0.837. The van der Waals surface area contributed by atoms with Gasteiger partial charge in [0.05, 0.1) is 12.3 Å². The summed E-state index contributed by atoms with van der Waals surface area (Å²) >= 11 is 6.03.